The van der Waals surface area contributed by atoms with Gasteiger partial charge in [0.25, 0.3) is 5.56 Å². The maximum absolute atomic E-state index is 12.6. The number of carbonyl (C=O) groups excluding carboxylic acids is 1. The van der Waals surface area contributed by atoms with Crippen LogP contribution in [-0.2, 0) is 0 Å². The monoisotopic (exact) mass is 346 g/mol. The normalized spacial score (nSPS) is 10.7. The van der Waals surface area contributed by atoms with Crippen molar-refractivity contribution < 1.29 is 4.79 Å². The molecule has 2 aromatic carbocycles. The predicted molar refractivity (Wildman–Crippen MR) is 91.0 cm³/mol. The summed E-state index contributed by atoms with van der Waals surface area (Å²) in [5.74, 6) is -0.340. The summed E-state index contributed by atoms with van der Waals surface area (Å²) in [5, 5.41) is 3.81. The molecule has 3 aromatic rings. The van der Waals surface area contributed by atoms with Gasteiger partial charge in [-0.3, -0.25) is 19.4 Å². The summed E-state index contributed by atoms with van der Waals surface area (Å²) in [6, 6.07) is 13.4. The van der Waals surface area contributed by atoms with Crippen molar-refractivity contribution in [3.8, 4) is 5.69 Å². The summed E-state index contributed by atoms with van der Waals surface area (Å²) in [7, 11) is 0. The molecule has 0 unspecified atom stereocenters. The fraction of sp³-hybridized carbons (Fsp3) is 0.0588. The van der Waals surface area contributed by atoms with Crippen molar-refractivity contribution in [2.75, 3.05) is 0 Å². The number of hydrogen-bond donors (Lipinski definition) is 1. The van der Waals surface area contributed by atoms with Gasteiger partial charge in [-0.1, -0.05) is 23.2 Å². The Morgan fingerprint density at radius 1 is 0.957 bits per heavy atom. The molecule has 0 aliphatic heterocycles. The third kappa shape index (κ3) is 2.96. The molecule has 0 bridgehead atoms. The molecule has 1 heterocycles. The van der Waals surface area contributed by atoms with E-state index in [4.69, 9.17) is 23.2 Å². The second-order valence-corrected chi connectivity index (χ2v) is 5.92. The van der Waals surface area contributed by atoms with Crippen LogP contribution < -0.4 is 5.56 Å². The molecule has 4 nitrogen and oxygen atoms in total. The first-order valence-corrected chi connectivity index (χ1v) is 7.61. The smallest absolute Gasteiger partial charge is 0.275 e. The zero-order valence-electron chi connectivity index (χ0n) is 12.1. The lowest BCUT2D eigenvalue weighted by atomic mass is 10.0. The van der Waals surface area contributed by atoms with E-state index >= 15 is 0 Å². The number of hydrogen-bond acceptors (Lipinski definition) is 2. The number of nitrogens with one attached hydrogen (secondary N) is 1. The standard InChI is InChI=1S/C17H12Cl2N2O2/c1-10-15(16(22)11-2-4-12(18)5-3-11)17(23)20-21(10)14-8-6-13(19)7-9-14/h2-9H,1H3,(H,20,23). The molecule has 0 saturated carbocycles. The molecule has 23 heavy (non-hydrogen) atoms. The third-order valence-electron chi connectivity index (χ3n) is 3.56. The fourth-order valence-corrected chi connectivity index (χ4v) is 2.63. The van der Waals surface area contributed by atoms with Crippen LogP contribution in [0.5, 0.6) is 0 Å². The van der Waals surface area contributed by atoms with Crippen LogP contribution in [0.2, 0.25) is 10.0 Å². The highest BCUT2D eigenvalue weighted by Gasteiger charge is 2.20. The van der Waals surface area contributed by atoms with Gasteiger partial charge in [-0.05, 0) is 55.5 Å². The van der Waals surface area contributed by atoms with Gasteiger partial charge in [-0.2, -0.15) is 0 Å². The molecule has 0 amide bonds. The van der Waals surface area contributed by atoms with Crippen LogP contribution in [-0.4, -0.2) is 15.6 Å². The minimum atomic E-state index is -0.433. The number of rotatable bonds is 3. The summed E-state index contributed by atoms with van der Waals surface area (Å²) in [4.78, 5) is 24.8. The molecule has 6 heteroatoms. The van der Waals surface area contributed by atoms with Crippen LogP contribution >= 0.6 is 23.2 Å². The van der Waals surface area contributed by atoms with E-state index in [1.807, 2.05) is 0 Å². The van der Waals surface area contributed by atoms with E-state index in [1.54, 1.807) is 60.1 Å². The summed E-state index contributed by atoms with van der Waals surface area (Å²) in [6.07, 6.45) is 0. The molecular weight excluding hydrogens is 335 g/mol. The van der Waals surface area contributed by atoms with E-state index in [2.05, 4.69) is 5.10 Å². The number of benzene rings is 2. The van der Waals surface area contributed by atoms with Crippen molar-refractivity contribution in [3.05, 3.63) is 85.8 Å². The van der Waals surface area contributed by atoms with Gasteiger partial charge in [0.05, 0.1) is 11.4 Å². The highest BCUT2D eigenvalue weighted by Crippen LogP contribution is 2.18. The fourth-order valence-electron chi connectivity index (χ4n) is 2.38. The van der Waals surface area contributed by atoms with Gasteiger partial charge >= 0.3 is 0 Å². The van der Waals surface area contributed by atoms with E-state index in [9.17, 15) is 9.59 Å². The zero-order valence-corrected chi connectivity index (χ0v) is 13.7. The van der Waals surface area contributed by atoms with Crippen molar-refractivity contribution in [2.24, 2.45) is 0 Å². The van der Waals surface area contributed by atoms with Crippen molar-refractivity contribution in [2.45, 2.75) is 6.92 Å². The van der Waals surface area contributed by atoms with Gasteiger partial charge in [0.1, 0.15) is 5.56 Å². The molecule has 116 valence electrons. The van der Waals surface area contributed by atoms with Gasteiger partial charge in [0.15, 0.2) is 5.78 Å². The number of carbonyl (C=O) groups is 1. The van der Waals surface area contributed by atoms with E-state index in [-0.39, 0.29) is 11.3 Å². The predicted octanol–water partition coefficient (Wildman–Crippen LogP) is 4.01. The van der Waals surface area contributed by atoms with Gasteiger partial charge in [0.2, 0.25) is 0 Å². The Labute approximate surface area is 142 Å². The number of ketones is 1. The van der Waals surface area contributed by atoms with Gasteiger partial charge in [0, 0.05) is 15.6 Å². The minimum absolute atomic E-state index is 0.113. The van der Waals surface area contributed by atoms with Crippen molar-refractivity contribution >= 4 is 29.0 Å². The quantitative estimate of drug-likeness (QED) is 0.728. The molecule has 0 radical (unpaired) electrons. The lowest BCUT2D eigenvalue weighted by Crippen LogP contribution is -2.14. The first kappa shape index (κ1) is 15.6. The van der Waals surface area contributed by atoms with Gasteiger partial charge < -0.3 is 0 Å². The molecule has 0 aliphatic rings. The Bertz CT molecular complexity index is 923. The summed E-state index contributed by atoms with van der Waals surface area (Å²) < 4.78 is 1.57. The Balaban J connectivity index is 2.07. The maximum atomic E-state index is 12.6. The van der Waals surface area contributed by atoms with E-state index < -0.39 is 5.56 Å². The largest absolute Gasteiger partial charge is 0.288 e. The van der Waals surface area contributed by atoms with Crippen molar-refractivity contribution in [1.82, 2.24) is 9.78 Å². The molecule has 1 aromatic heterocycles. The first-order valence-electron chi connectivity index (χ1n) is 6.85. The lowest BCUT2D eigenvalue weighted by Gasteiger charge is -2.06. The Kier molecular flexibility index (Phi) is 4.11. The Hall–Kier alpha value is -2.30. The second-order valence-electron chi connectivity index (χ2n) is 5.05. The minimum Gasteiger partial charge on any atom is -0.288 e. The van der Waals surface area contributed by atoms with Gasteiger partial charge in [-0.15, -0.1) is 0 Å². The summed E-state index contributed by atoms with van der Waals surface area (Å²) >= 11 is 11.7. The number of aromatic amines is 1. The number of H-pyrrole nitrogens is 1. The topological polar surface area (TPSA) is 54.9 Å². The van der Waals surface area contributed by atoms with Crippen LogP contribution in [0.15, 0.2) is 53.3 Å². The van der Waals surface area contributed by atoms with Crippen LogP contribution in [0.3, 0.4) is 0 Å². The average Bonchev–Trinajstić information content (AvgIpc) is 2.83. The molecule has 0 fully saturated rings. The zero-order chi connectivity index (χ0) is 16.6. The van der Waals surface area contributed by atoms with Crippen LogP contribution in [0.1, 0.15) is 21.6 Å². The highest BCUT2D eigenvalue weighted by molar-refractivity contribution is 6.31. The SMILES string of the molecule is Cc1c(C(=O)c2ccc(Cl)cc2)c(=O)[nH]n1-c1ccc(Cl)cc1. The Morgan fingerprint density at radius 3 is 2.04 bits per heavy atom. The molecular formula is C17H12Cl2N2O2. The summed E-state index contributed by atoms with van der Waals surface area (Å²) in [6.45, 7) is 1.72. The average molecular weight is 347 g/mol. The molecule has 0 saturated heterocycles. The summed E-state index contributed by atoms with van der Waals surface area (Å²) in [5.41, 5.74) is 1.35. The molecule has 0 spiro atoms. The first-order chi connectivity index (χ1) is 11.0. The van der Waals surface area contributed by atoms with E-state index in [0.29, 0.717) is 21.3 Å². The van der Waals surface area contributed by atoms with Gasteiger partial charge in [-0.25, -0.2) is 0 Å². The van der Waals surface area contributed by atoms with Crippen molar-refractivity contribution in [1.29, 1.82) is 0 Å². The van der Waals surface area contributed by atoms with Crippen LogP contribution in [0.4, 0.5) is 0 Å². The van der Waals surface area contributed by atoms with Crippen molar-refractivity contribution in [3.63, 3.8) is 0 Å². The van der Waals surface area contributed by atoms with Crippen LogP contribution in [0, 0.1) is 6.92 Å². The second kappa shape index (κ2) is 6.07. The molecule has 0 aliphatic carbocycles. The number of halogens is 2. The Morgan fingerprint density at radius 2 is 1.48 bits per heavy atom. The maximum Gasteiger partial charge on any atom is 0.275 e. The molecule has 0 atom stereocenters. The third-order valence-corrected chi connectivity index (χ3v) is 4.06. The number of nitrogens with zero attached hydrogens (tertiary/aromatic N) is 1. The van der Waals surface area contributed by atoms with Crippen LogP contribution in [0.25, 0.3) is 5.69 Å². The lowest BCUT2D eigenvalue weighted by molar-refractivity contribution is 0.103. The molecule has 3 rings (SSSR count). The molecule has 1 N–H and O–H groups in total. The van der Waals surface area contributed by atoms with E-state index in [0.717, 1.165) is 5.69 Å². The highest BCUT2D eigenvalue weighted by atomic mass is 35.5. The van der Waals surface area contributed by atoms with E-state index in [1.165, 1.54) is 0 Å². The number of aromatic nitrogens is 2.